The van der Waals surface area contributed by atoms with Gasteiger partial charge in [0.25, 0.3) is 0 Å². The average molecular weight is 168 g/mol. The third-order valence-corrected chi connectivity index (χ3v) is 2.47. The SMILES string of the molecule is C=C(C)[C@@H]1CC[C@H](C)C(=O)OC1. The second-order valence-corrected chi connectivity index (χ2v) is 3.65. The molecule has 0 unspecified atom stereocenters. The summed E-state index contributed by atoms with van der Waals surface area (Å²) in [6, 6.07) is 0. The predicted octanol–water partition coefficient (Wildman–Crippen LogP) is 2.15. The number of ether oxygens (including phenoxy) is 1. The molecule has 1 saturated heterocycles. The van der Waals surface area contributed by atoms with Gasteiger partial charge in [-0.05, 0) is 19.8 Å². The van der Waals surface area contributed by atoms with Crippen LogP contribution in [-0.2, 0) is 9.53 Å². The van der Waals surface area contributed by atoms with Crippen LogP contribution in [0.5, 0.6) is 0 Å². The lowest BCUT2D eigenvalue weighted by Gasteiger charge is -2.11. The van der Waals surface area contributed by atoms with Crippen LogP contribution in [0, 0.1) is 11.8 Å². The van der Waals surface area contributed by atoms with E-state index in [-0.39, 0.29) is 11.9 Å². The monoisotopic (exact) mass is 168 g/mol. The zero-order valence-electron chi connectivity index (χ0n) is 7.80. The molecule has 1 aliphatic heterocycles. The molecule has 0 aliphatic carbocycles. The Morgan fingerprint density at radius 3 is 2.83 bits per heavy atom. The summed E-state index contributed by atoms with van der Waals surface area (Å²) in [4.78, 5) is 11.1. The van der Waals surface area contributed by atoms with E-state index in [9.17, 15) is 4.79 Å². The molecule has 0 amide bonds. The maximum atomic E-state index is 11.1. The summed E-state index contributed by atoms with van der Waals surface area (Å²) in [7, 11) is 0. The van der Waals surface area contributed by atoms with Gasteiger partial charge in [0.2, 0.25) is 0 Å². The average Bonchev–Trinajstić information content (AvgIpc) is 2.16. The van der Waals surface area contributed by atoms with Crippen molar-refractivity contribution < 1.29 is 9.53 Å². The lowest BCUT2D eigenvalue weighted by Crippen LogP contribution is -2.13. The molecule has 1 rings (SSSR count). The summed E-state index contributed by atoms with van der Waals surface area (Å²) in [5.74, 6) is 0.381. The van der Waals surface area contributed by atoms with E-state index in [0.29, 0.717) is 12.5 Å². The third kappa shape index (κ3) is 2.10. The van der Waals surface area contributed by atoms with Crippen LogP contribution in [0.15, 0.2) is 12.2 Å². The largest absolute Gasteiger partial charge is 0.465 e. The summed E-state index contributed by atoms with van der Waals surface area (Å²) in [6.07, 6.45) is 1.96. The first-order valence-electron chi connectivity index (χ1n) is 4.43. The highest BCUT2D eigenvalue weighted by Gasteiger charge is 2.23. The molecule has 1 fully saturated rings. The number of hydrogen-bond donors (Lipinski definition) is 0. The number of carbonyl (C=O) groups excluding carboxylic acids is 1. The number of rotatable bonds is 1. The van der Waals surface area contributed by atoms with Crippen molar-refractivity contribution in [3.63, 3.8) is 0 Å². The van der Waals surface area contributed by atoms with Crippen molar-refractivity contribution in [3.8, 4) is 0 Å². The van der Waals surface area contributed by atoms with Crippen LogP contribution in [-0.4, -0.2) is 12.6 Å². The highest BCUT2D eigenvalue weighted by Crippen LogP contribution is 2.23. The highest BCUT2D eigenvalue weighted by atomic mass is 16.5. The van der Waals surface area contributed by atoms with Crippen LogP contribution in [0.1, 0.15) is 26.7 Å². The normalized spacial score (nSPS) is 30.7. The highest BCUT2D eigenvalue weighted by molar-refractivity contribution is 5.72. The second-order valence-electron chi connectivity index (χ2n) is 3.65. The fourth-order valence-electron chi connectivity index (χ4n) is 1.37. The molecule has 1 heterocycles. The molecular formula is C10H16O2. The Bertz CT molecular complexity index is 196. The molecule has 0 bridgehead atoms. The third-order valence-electron chi connectivity index (χ3n) is 2.47. The minimum atomic E-state index is -0.0567. The molecule has 1 aliphatic rings. The maximum Gasteiger partial charge on any atom is 0.308 e. The fourth-order valence-corrected chi connectivity index (χ4v) is 1.37. The van der Waals surface area contributed by atoms with Crippen molar-refractivity contribution in [1.29, 1.82) is 0 Å². The zero-order chi connectivity index (χ0) is 9.14. The summed E-state index contributed by atoms with van der Waals surface area (Å²) in [5, 5.41) is 0. The van der Waals surface area contributed by atoms with Crippen molar-refractivity contribution in [3.05, 3.63) is 12.2 Å². The summed E-state index contributed by atoms with van der Waals surface area (Å²) >= 11 is 0. The standard InChI is InChI=1S/C10H16O2/c1-7(2)9-5-4-8(3)10(11)12-6-9/h8-9H,1,4-6H2,2-3H3/t8-,9+/m0/s1. The summed E-state index contributed by atoms with van der Waals surface area (Å²) in [6.45, 7) is 8.32. The second kappa shape index (κ2) is 3.74. The van der Waals surface area contributed by atoms with E-state index in [4.69, 9.17) is 4.74 Å². The molecule has 2 atom stereocenters. The van der Waals surface area contributed by atoms with Gasteiger partial charge in [-0.25, -0.2) is 0 Å². The fraction of sp³-hybridized carbons (Fsp3) is 0.700. The van der Waals surface area contributed by atoms with Gasteiger partial charge in [-0.15, -0.1) is 0 Å². The van der Waals surface area contributed by atoms with Gasteiger partial charge in [0, 0.05) is 5.92 Å². The van der Waals surface area contributed by atoms with Crippen LogP contribution in [0.4, 0.5) is 0 Å². The maximum absolute atomic E-state index is 11.1. The molecule has 2 heteroatoms. The first-order valence-corrected chi connectivity index (χ1v) is 4.43. The van der Waals surface area contributed by atoms with Crippen LogP contribution in [0.2, 0.25) is 0 Å². The lowest BCUT2D eigenvalue weighted by molar-refractivity contribution is -0.147. The molecular weight excluding hydrogens is 152 g/mol. The van der Waals surface area contributed by atoms with Crippen molar-refractivity contribution in [1.82, 2.24) is 0 Å². The molecule has 0 saturated carbocycles. The summed E-state index contributed by atoms with van der Waals surface area (Å²) < 4.78 is 5.09. The first-order chi connectivity index (χ1) is 5.61. The predicted molar refractivity (Wildman–Crippen MR) is 47.7 cm³/mol. The van der Waals surface area contributed by atoms with Crippen LogP contribution in [0.25, 0.3) is 0 Å². The van der Waals surface area contributed by atoms with Crippen LogP contribution >= 0.6 is 0 Å². The van der Waals surface area contributed by atoms with Gasteiger partial charge >= 0.3 is 5.97 Å². The molecule has 0 aromatic carbocycles. The van der Waals surface area contributed by atoms with Crippen molar-refractivity contribution >= 4 is 5.97 Å². The minimum absolute atomic E-state index is 0.0567. The van der Waals surface area contributed by atoms with Gasteiger partial charge in [-0.1, -0.05) is 19.1 Å². The van der Waals surface area contributed by atoms with Gasteiger partial charge in [0.1, 0.15) is 0 Å². The Morgan fingerprint density at radius 2 is 2.25 bits per heavy atom. The van der Waals surface area contributed by atoms with E-state index >= 15 is 0 Å². The van der Waals surface area contributed by atoms with Gasteiger partial charge in [0.15, 0.2) is 0 Å². The van der Waals surface area contributed by atoms with Crippen molar-refractivity contribution in [2.45, 2.75) is 26.7 Å². The van der Waals surface area contributed by atoms with E-state index in [0.717, 1.165) is 18.4 Å². The molecule has 0 spiro atoms. The zero-order valence-corrected chi connectivity index (χ0v) is 7.80. The number of esters is 1. The number of carbonyl (C=O) groups is 1. The van der Waals surface area contributed by atoms with Crippen LogP contribution < -0.4 is 0 Å². The Balaban J connectivity index is 2.55. The smallest absolute Gasteiger partial charge is 0.308 e. The summed E-state index contributed by atoms with van der Waals surface area (Å²) in [5.41, 5.74) is 1.12. The molecule has 0 radical (unpaired) electrons. The first kappa shape index (κ1) is 9.30. The molecule has 12 heavy (non-hydrogen) atoms. The van der Waals surface area contributed by atoms with Gasteiger partial charge in [-0.2, -0.15) is 0 Å². The molecule has 68 valence electrons. The van der Waals surface area contributed by atoms with E-state index in [2.05, 4.69) is 6.58 Å². The molecule has 0 N–H and O–H groups in total. The topological polar surface area (TPSA) is 26.3 Å². The minimum Gasteiger partial charge on any atom is -0.465 e. The van der Waals surface area contributed by atoms with Gasteiger partial charge in [0.05, 0.1) is 12.5 Å². The number of hydrogen-bond acceptors (Lipinski definition) is 2. The Labute approximate surface area is 73.6 Å². The van der Waals surface area contributed by atoms with E-state index in [1.807, 2.05) is 13.8 Å². The Kier molecular flexibility index (Phi) is 2.90. The van der Waals surface area contributed by atoms with Crippen molar-refractivity contribution in [2.24, 2.45) is 11.8 Å². The molecule has 0 aromatic heterocycles. The van der Waals surface area contributed by atoms with E-state index < -0.39 is 0 Å². The van der Waals surface area contributed by atoms with Crippen LogP contribution in [0.3, 0.4) is 0 Å². The lowest BCUT2D eigenvalue weighted by atomic mass is 9.94. The Morgan fingerprint density at radius 1 is 1.58 bits per heavy atom. The van der Waals surface area contributed by atoms with Gasteiger partial charge in [-0.3, -0.25) is 4.79 Å². The van der Waals surface area contributed by atoms with Crippen molar-refractivity contribution in [2.75, 3.05) is 6.61 Å². The quantitative estimate of drug-likeness (QED) is 0.443. The Hall–Kier alpha value is -0.790. The van der Waals surface area contributed by atoms with E-state index in [1.165, 1.54) is 0 Å². The number of cyclic esters (lactones) is 1. The van der Waals surface area contributed by atoms with E-state index in [1.54, 1.807) is 0 Å². The molecule has 2 nitrogen and oxygen atoms in total. The molecule has 0 aromatic rings. The van der Waals surface area contributed by atoms with Gasteiger partial charge < -0.3 is 4.74 Å².